The molecule has 2 aromatic rings. The Morgan fingerprint density at radius 1 is 1.13 bits per heavy atom. The molecule has 0 unspecified atom stereocenters. The molecule has 23 heavy (non-hydrogen) atoms. The predicted molar refractivity (Wildman–Crippen MR) is 95.2 cm³/mol. The molecule has 4 rings (SSSR count). The highest BCUT2D eigenvalue weighted by Gasteiger charge is 2.44. The van der Waals surface area contributed by atoms with E-state index in [4.69, 9.17) is 0 Å². The minimum absolute atomic E-state index is 0.249. The molecule has 0 spiro atoms. The lowest BCUT2D eigenvalue weighted by Gasteiger charge is -2.21. The number of rotatable bonds is 4. The number of phenolic OH excluding ortho intramolecular Hbond substituents is 1. The number of nitrogens with one attached hydrogen (secondary N) is 1. The fourth-order valence-corrected chi connectivity index (χ4v) is 3.86. The van der Waals surface area contributed by atoms with E-state index >= 15 is 0 Å². The summed E-state index contributed by atoms with van der Waals surface area (Å²) >= 11 is 0. The highest BCUT2D eigenvalue weighted by atomic mass is 16.3. The lowest BCUT2D eigenvalue weighted by molar-refractivity contribution is 0.362. The van der Waals surface area contributed by atoms with Crippen LogP contribution in [0.25, 0.3) is 11.1 Å². The molecule has 120 valence electrons. The third kappa shape index (κ3) is 2.59. The van der Waals surface area contributed by atoms with Gasteiger partial charge in [-0.05, 0) is 62.2 Å². The molecule has 1 aliphatic carbocycles. The van der Waals surface area contributed by atoms with Gasteiger partial charge in [0.25, 0.3) is 0 Å². The van der Waals surface area contributed by atoms with Crippen molar-refractivity contribution in [2.24, 2.45) is 0 Å². The van der Waals surface area contributed by atoms with Gasteiger partial charge in [0.2, 0.25) is 0 Å². The number of aromatic hydroxyl groups is 1. The Bertz CT molecular complexity index is 747. The van der Waals surface area contributed by atoms with Crippen molar-refractivity contribution in [2.45, 2.75) is 24.7 Å². The van der Waals surface area contributed by atoms with E-state index in [0.29, 0.717) is 5.75 Å². The van der Waals surface area contributed by atoms with Gasteiger partial charge in [0.15, 0.2) is 0 Å². The van der Waals surface area contributed by atoms with Crippen molar-refractivity contribution in [1.82, 2.24) is 4.90 Å². The molecule has 0 atom stereocenters. The van der Waals surface area contributed by atoms with Crippen LogP contribution < -0.4 is 5.32 Å². The molecule has 1 saturated carbocycles. The summed E-state index contributed by atoms with van der Waals surface area (Å²) in [6, 6.07) is 12.7. The molecular weight excluding hydrogens is 284 g/mol. The van der Waals surface area contributed by atoms with E-state index in [2.05, 4.69) is 54.6 Å². The SMILES string of the molecule is CN(C)CC1(c2ccc(-c3ccc4c(c3)NCC4)c(O)c2)CC1. The Morgan fingerprint density at radius 2 is 1.96 bits per heavy atom. The van der Waals surface area contributed by atoms with Crippen LogP contribution in [0.3, 0.4) is 0 Å². The quantitative estimate of drug-likeness (QED) is 0.905. The third-order valence-electron chi connectivity index (χ3n) is 5.21. The van der Waals surface area contributed by atoms with E-state index in [9.17, 15) is 5.11 Å². The van der Waals surface area contributed by atoms with Gasteiger partial charge in [-0.2, -0.15) is 0 Å². The van der Waals surface area contributed by atoms with Crippen molar-refractivity contribution in [3.05, 3.63) is 47.5 Å². The van der Waals surface area contributed by atoms with Crippen LogP contribution in [0.2, 0.25) is 0 Å². The van der Waals surface area contributed by atoms with E-state index in [1.54, 1.807) is 0 Å². The molecule has 0 radical (unpaired) electrons. The first-order valence-corrected chi connectivity index (χ1v) is 8.43. The maximum absolute atomic E-state index is 10.6. The van der Waals surface area contributed by atoms with Crippen LogP contribution in [0.4, 0.5) is 5.69 Å². The van der Waals surface area contributed by atoms with E-state index in [1.807, 2.05) is 6.07 Å². The number of phenols is 1. The molecule has 2 aliphatic rings. The Kier molecular flexibility index (Phi) is 3.34. The van der Waals surface area contributed by atoms with Gasteiger partial charge in [0.05, 0.1) is 0 Å². The number of benzene rings is 2. The second kappa shape index (κ2) is 5.27. The second-order valence-electron chi connectivity index (χ2n) is 7.30. The number of nitrogens with zero attached hydrogens (tertiary/aromatic N) is 1. The van der Waals surface area contributed by atoms with Crippen molar-refractivity contribution >= 4 is 5.69 Å². The van der Waals surface area contributed by atoms with Crippen LogP contribution in [-0.2, 0) is 11.8 Å². The zero-order chi connectivity index (χ0) is 16.0. The smallest absolute Gasteiger partial charge is 0.123 e. The van der Waals surface area contributed by atoms with Crippen LogP contribution in [0.5, 0.6) is 5.75 Å². The Labute approximate surface area is 138 Å². The largest absolute Gasteiger partial charge is 0.507 e. The third-order valence-corrected chi connectivity index (χ3v) is 5.21. The molecule has 0 amide bonds. The summed E-state index contributed by atoms with van der Waals surface area (Å²) in [6.45, 7) is 2.06. The van der Waals surface area contributed by atoms with Crippen LogP contribution in [0.1, 0.15) is 24.0 Å². The number of likely N-dealkylation sites (N-methyl/N-ethyl adjacent to an activating group) is 1. The summed E-state index contributed by atoms with van der Waals surface area (Å²) in [5, 5.41) is 14.0. The lowest BCUT2D eigenvalue weighted by Crippen LogP contribution is -2.25. The van der Waals surface area contributed by atoms with Gasteiger partial charge in [-0.15, -0.1) is 0 Å². The van der Waals surface area contributed by atoms with Crippen molar-refractivity contribution in [3.63, 3.8) is 0 Å². The maximum atomic E-state index is 10.6. The molecule has 0 saturated heterocycles. The average Bonchev–Trinajstić information content (AvgIpc) is 3.13. The summed E-state index contributed by atoms with van der Waals surface area (Å²) in [7, 11) is 4.23. The number of hydrogen-bond donors (Lipinski definition) is 2. The minimum Gasteiger partial charge on any atom is -0.507 e. The fourth-order valence-electron chi connectivity index (χ4n) is 3.86. The van der Waals surface area contributed by atoms with Gasteiger partial charge >= 0.3 is 0 Å². The Hall–Kier alpha value is -2.00. The van der Waals surface area contributed by atoms with E-state index in [0.717, 1.165) is 30.6 Å². The first-order valence-electron chi connectivity index (χ1n) is 8.43. The molecule has 1 fully saturated rings. The second-order valence-corrected chi connectivity index (χ2v) is 7.30. The monoisotopic (exact) mass is 308 g/mol. The van der Waals surface area contributed by atoms with E-state index in [-0.39, 0.29) is 5.41 Å². The van der Waals surface area contributed by atoms with Crippen molar-refractivity contribution in [2.75, 3.05) is 32.5 Å². The highest BCUT2D eigenvalue weighted by Crippen LogP contribution is 2.50. The molecule has 2 N–H and O–H groups in total. The number of fused-ring (bicyclic) bond motifs is 1. The van der Waals surface area contributed by atoms with Gasteiger partial charge < -0.3 is 15.3 Å². The molecule has 3 nitrogen and oxygen atoms in total. The molecule has 2 aromatic carbocycles. The highest BCUT2D eigenvalue weighted by molar-refractivity contribution is 5.75. The van der Waals surface area contributed by atoms with Crippen LogP contribution in [0, 0.1) is 0 Å². The van der Waals surface area contributed by atoms with Gasteiger partial charge in [-0.1, -0.05) is 24.3 Å². The van der Waals surface area contributed by atoms with Gasteiger partial charge in [0.1, 0.15) is 5.75 Å². The van der Waals surface area contributed by atoms with E-state index < -0.39 is 0 Å². The zero-order valence-corrected chi connectivity index (χ0v) is 13.9. The zero-order valence-electron chi connectivity index (χ0n) is 13.9. The fraction of sp³-hybridized carbons (Fsp3) is 0.400. The number of anilines is 1. The lowest BCUT2D eigenvalue weighted by atomic mass is 9.92. The van der Waals surface area contributed by atoms with E-state index in [1.165, 1.54) is 29.7 Å². The molecular formula is C20H24N2O. The Morgan fingerprint density at radius 3 is 2.65 bits per heavy atom. The Balaban J connectivity index is 1.66. The standard InChI is InChI=1S/C20H24N2O/c1-22(2)13-20(8-9-20)16-5-6-17(19(23)12-16)15-4-3-14-7-10-21-18(14)11-15/h3-6,11-12,21,23H,7-10,13H2,1-2H3. The molecule has 1 heterocycles. The summed E-state index contributed by atoms with van der Waals surface area (Å²) in [6.07, 6.45) is 3.52. The predicted octanol–water partition coefficient (Wildman–Crippen LogP) is 3.62. The van der Waals surface area contributed by atoms with Crippen LogP contribution in [-0.4, -0.2) is 37.2 Å². The molecule has 1 aliphatic heterocycles. The molecule has 0 aromatic heterocycles. The first kappa shape index (κ1) is 14.6. The summed E-state index contributed by atoms with van der Waals surface area (Å²) in [5.74, 6) is 0.394. The van der Waals surface area contributed by atoms with Crippen LogP contribution in [0.15, 0.2) is 36.4 Å². The summed E-state index contributed by atoms with van der Waals surface area (Å²) < 4.78 is 0. The maximum Gasteiger partial charge on any atom is 0.123 e. The molecule has 3 heteroatoms. The van der Waals surface area contributed by atoms with Gasteiger partial charge in [0, 0.05) is 29.8 Å². The van der Waals surface area contributed by atoms with Crippen LogP contribution >= 0.6 is 0 Å². The average molecular weight is 308 g/mol. The normalized spacial score (nSPS) is 17.9. The van der Waals surface area contributed by atoms with Crippen molar-refractivity contribution in [3.8, 4) is 16.9 Å². The molecule has 0 bridgehead atoms. The van der Waals surface area contributed by atoms with Gasteiger partial charge in [-0.25, -0.2) is 0 Å². The van der Waals surface area contributed by atoms with Crippen molar-refractivity contribution in [1.29, 1.82) is 0 Å². The van der Waals surface area contributed by atoms with Gasteiger partial charge in [-0.3, -0.25) is 0 Å². The minimum atomic E-state index is 0.249. The van der Waals surface area contributed by atoms with Crippen molar-refractivity contribution < 1.29 is 5.11 Å². The summed E-state index contributed by atoms with van der Waals surface area (Å²) in [5.41, 5.74) is 6.10. The first-order chi connectivity index (χ1) is 11.1. The summed E-state index contributed by atoms with van der Waals surface area (Å²) in [4.78, 5) is 2.24. The number of hydrogen-bond acceptors (Lipinski definition) is 3. The topological polar surface area (TPSA) is 35.5 Å².